The molecule has 0 heterocycles. The highest BCUT2D eigenvalue weighted by molar-refractivity contribution is 5.96. The fraction of sp³-hybridized carbons (Fsp3) is 0.593. The number of alkyl halides is 3. The molecular weight excluding hydrogens is 416 g/mol. The maximum atomic E-state index is 13.6. The standard InChI is InChI=1S/C27H36F4O/c1-4-19(3)9-8-11-22-17-20(5-2)10-6-7-12-23(22)26(32)16-14-21-13-15-25(28)24(18-21)27(29,30)31/h6,10,13,15,18-20H,4-5,7-9,11-12,14,16-17H2,1-3H3. The molecule has 1 aromatic carbocycles. The molecule has 0 N–H and O–H groups in total. The third kappa shape index (κ3) is 7.90. The number of halogens is 4. The van der Waals surface area contributed by atoms with Gasteiger partial charge in [-0.3, -0.25) is 4.79 Å². The molecule has 0 saturated heterocycles. The molecular formula is C27H36F4O. The average Bonchev–Trinajstić information content (AvgIpc) is 2.73. The van der Waals surface area contributed by atoms with Crippen LogP contribution in [0.25, 0.3) is 0 Å². The second-order valence-electron chi connectivity index (χ2n) is 9.06. The van der Waals surface area contributed by atoms with E-state index < -0.39 is 17.6 Å². The van der Waals surface area contributed by atoms with Crippen LogP contribution in [0.3, 0.4) is 0 Å². The van der Waals surface area contributed by atoms with Crippen molar-refractivity contribution in [2.75, 3.05) is 0 Å². The van der Waals surface area contributed by atoms with E-state index in [4.69, 9.17) is 0 Å². The highest BCUT2D eigenvalue weighted by Gasteiger charge is 2.34. The van der Waals surface area contributed by atoms with Gasteiger partial charge in [-0.05, 0) is 80.1 Å². The molecule has 0 spiro atoms. The van der Waals surface area contributed by atoms with E-state index in [1.165, 1.54) is 11.6 Å². The van der Waals surface area contributed by atoms with Gasteiger partial charge in [0.15, 0.2) is 5.78 Å². The van der Waals surface area contributed by atoms with E-state index in [1.807, 2.05) is 0 Å². The predicted molar refractivity (Wildman–Crippen MR) is 122 cm³/mol. The summed E-state index contributed by atoms with van der Waals surface area (Å²) in [6.45, 7) is 6.59. The van der Waals surface area contributed by atoms with Gasteiger partial charge in [-0.2, -0.15) is 13.2 Å². The van der Waals surface area contributed by atoms with Crippen molar-refractivity contribution in [1.29, 1.82) is 0 Å². The summed E-state index contributed by atoms with van der Waals surface area (Å²) >= 11 is 0. The lowest BCUT2D eigenvalue weighted by Gasteiger charge is -2.21. The Kier molecular flexibility index (Phi) is 10.2. The highest BCUT2D eigenvalue weighted by atomic mass is 19.4. The van der Waals surface area contributed by atoms with Crippen LogP contribution in [0, 0.1) is 17.7 Å². The summed E-state index contributed by atoms with van der Waals surface area (Å²) in [7, 11) is 0. The lowest BCUT2D eigenvalue weighted by Crippen LogP contribution is -2.12. The molecule has 0 bridgehead atoms. The van der Waals surface area contributed by atoms with Crippen LogP contribution in [0.15, 0.2) is 41.5 Å². The van der Waals surface area contributed by atoms with Gasteiger partial charge in [0.2, 0.25) is 0 Å². The fourth-order valence-electron chi connectivity index (χ4n) is 4.29. The van der Waals surface area contributed by atoms with Crippen molar-refractivity contribution in [2.24, 2.45) is 11.8 Å². The summed E-state index contributed by atoms with van der Waals surface area (Å²) in [4.78, 5) is 13.2. The van der Waals surface area contributed by atoms with E-state index in [-0.39, 0.29) is 18.6 Å². The SMILES string of the molecule is CCC(C)CCCC1=C(C(=O)CCc2ccc(F)c(C(F)(F)F)c2)CCC=CC(CC)C1. The van der Waals surface area contributed by atoms with Crippen molar-refractivity contribution in [1.82, 2.24) is 0 Å². The first-order chi connectivity index (χ1) is 15.2. The third-order valence-corrected chi connectivity index (χ3v) is 6.61. The lowest BCUT2D eigenvalue weighted by atomic mass is 9.83. The number of allylic oxidation sites excluding steroid dienone is 4. The normalized spacial score (nSPS) is 18.4. The Morgan fingerprint density at radius 2 is 1.94 bits per heavy atom. The Hall–Kier alpha value is -1.91. The molecule has 178 valence electrons. The highest BCUT2D eigenvalue weighted by Crippen LogP contribution is 2.33. The Bertz CT molecular complexity index is 819. The van der Waals surface area contributed by atoms with Crippen molar-refractivity contribution in [3.05, 3.63) is 58.4 Å². The summed E-state index contributed by atoms with van der Waals surface area (Å²) in [6.07, 6.45) is 7.60. The van der Waals surface area contributed by atoms with E-state index in [9.17, 15) is 22.4 Å². The number of carbonyl (C=O) groups excluding carboxylic acids is 1. The predicted octanol–water partition coefficient (Wildman–Crippen LogP) is 8.63. The summed E-state index contributed by atoms with van der Waals surface area (Å²) in [5.74, 6) is -0.183. The Morgan fingerprint density at radius 3 is 2.59 bits per heavy atom. The minimum Gasteiger partial charge on any atom is -0.295 e. The van der Waals surface area contributed by atoms with E-state index in [2.05, 4.69) is 32.9 Å². The summed E-state index contributed by atoms with van der Waals surface area (Å²) in [6, 6.07) is 3.01. The van der Waals surface area contributed by atoms with Gasteiger partial charge in [-0.25, -0.2) is 4.39 Å². The van der Waals surface area contributed by atoms with Gasteiger partial charge in [-0.1, -0.05) is 57.4 Å². The molecule has 0 amide bonds. The first-order valence-corrected chi connectivity index (χ1v) is 11.9. The summed E-state index contributed by atoms with van der Waals surface area (Å²) in [5.41, 5.74) is 1.16. The van der Waals surface area contributed by atoms with Gasteiger partial charge in [0.1, 0.15) is 5.82 Å². The number of hydrogen-bond acceptors (Lipinski definition) is 1. The molecule has 5 heteroatoms. The van der Waals surface area contributed by atoms with E-state index in [1.54, 1.807) is 0 Å². The molecule has 1 aliphatic carbocycles. The van der Waals surface area contributed by atoms with Crippen LogP contribution >= 0.6 is 0 Å². The van der Waals surface area contributed by atoms with Gasteiger partial charge in [-0.15, -0.1) is 0 Å². The van der Waals surface area contributed by atoms with E-state index in [0.717, 1.165) is 62.7 Å². The van der Waals surface area contributed by atoms with Gasteiger partial charge in [0.25, 0.3) is 0 Å². The van der Waals surface area contributed by atoms with Gasteiger partial charge in [0.05, 0.1) is 5.56 Å². The van der Waals surface area contributed by atoms with E-state index >= 15 is 0 Å². The molecule has 2 unspecified atom stereocenters. The minimum absolute atomic E-state index is 0.0200. The topological polar surface area (TPSA) is 17.1 Å². The quantitative estimate of drug-likeness (QED) is 0.256. The van der Waals surface area contributed by atoms with Crippen LogP contribution in [0.5, 0.6) is 0 Å². The third-order valence-electron chi connectivity index (χ3n) is 6.61. The molecule has 0 saturated carbocycles. The molecule has 2 rings (SSSR count). The molecule has 0 radical (unpaired) electrons. The zero-order valence-electron chi connectivity index (χ0n) is 19.5. The molecule has 1 aliphatic rings. The number of benzene rings is 1. The van der Waals surface area contributed by atoms with Crippen LogP contribution < -0.4 is 0 Å². The number of aryl methyl sites for hydroxylation is 1. The maximum Gasteiger partial charge on any atom is 0.419 e. The fourth-order valence-corrected chi connectivity index (χ4v) is 4.29. The molecule has 2 atom stereocenters. The smallest absolute Gasteiger partial charge is 0.295 e. The van der Waals surface area contributed by atoms with Crippen LogP contribution in [-0.2, 0) is 17.4 Å². The minimum atomic E-state index is -4.74. The first kappa shape index (κ1) is 26.3. The average molecular weight is 453 g/mol. The Balaban J connectivity index is 2.17. The van der Waals surface area contributed by atoms with Gasteiger partial charge < -0.3 is 0 Å². The van der Waals surface area contributed by atoms with Crippen LogP contribution in [-0.4, -0.2) is 5.78 Å². The largest absolute Gasteiger partial charge is 0.419 e. The summed E-state index contributed by atoms with van der Waals surface area (Å²) < 4.78 is 52.6. The van der Waals surface area contributed by atoms with Crippen LogP contribution in [0.2, 0.25) is 0 Å². The molecule has 0 aliphatic heterocycles. The molecule has 0 aromatic heterocycles. The molecule has 32 heavy (non-hydrogen) atoms. The zero-order valence-corrected chi connectivity index (χ0v) is 19.5. The van der Waals surface area contributed by atoms with E-state index in [0.29, 0.717) is 23.8 Å². The van der Waals surface area contributed by atoms with Crippen molar-refractivity contribution in [2.45, 2.75) is 91.2 Å². The number of ketones is 1. The monoisotopic (exact) mass is 452 g/mol. The van der Waals surface area contributed by atoms with Crippen molar-refractivity contribution >= 4 is 5.78 Å². The zero-order chi connectivity index (χ0) is 23.7. The van der Waals surface area contributed by atoms with Crippen molar-refractivity contribution in [3.8, 4) is 0 Å². The van der Waals surface area contributed by atoms with Crippen LogP contribution in [0.4, 0.5) is 17.6 Å². The Morgan fingerprint density at radius 1 is 1.19 bits per heavy atom. The number of hydrogen-bond donors (Lipinski definition) is 0. The van der Waals surface area contributed by atoms with Gasteiger partial charge in [0, 0.05) is 6.42 Å². The van der Waals surface area contributed by atoms with Crippen molar-refractivity contribution < 1.29 is 22.4 Å². The number of Topliss-reactive ketones (excluding diaryl/α,β-unsaturated/α-hetero) is 1. The second-order valence-corrected chi connectivity index (χ2v) is 9.06. The Labute approximate surface area is 190 Å². The van der Waals surface area contributed by atoms with Crippen LogP contribution in [0.1, 0.15) is 89.7 Å². The lowest BCUT2D eigenvalue weighted by molar-refractivity contribution is -0.140. The maximum absolute atomic E-state index is 13.6. The number of carbonyl (C=O) groups is 1. The van der Waals surface area contributed by atoms with Gasteiger partial charge >= 0.3 is 6.18 Å². The van der Waals surface area contributed by atoms with Crippen molar-refractivity contribution in [3.63, 3.8) is 0 Å². The molecule has 0 fully saturated rings. The second kappa shape index (κ2) is 12.4. The first-order valence-electron chi connectivity index (χ1n) is 11.9. The molecule has 1 nitrogen and oxygen atoms in total. The number of rotatable bonds is 10. The molecule has 1 aromatic rings. The summed E-state index contributed by atoms with van der Waals surface area (Å²) in [5, 5.41) is 0.